The van der Waals surface area contributed by atoms with E-state index < -0.39 is 10.0 Å². The summed E-state index contributed by atoms with van der Waals surface area (Å²) in [7, 11) is -3.40. The number of nitrogens with zero attached hydrogens (tertiary/aromatic N) is 1. The Hall–Kier alpha value is -1.56. The maximum Gasteiger partial charge on any atom is 0.215 e. The van der Waals surface area contributed by atoms with Gasteiger partial charge in [-0.2, -0.15) is 0 Å². The van der Waals surface area contributed by atoms with Gasteiger partial charge in [-0.3, -0.25) is 0 Å². The lowest BCUT2D eigenvalue weighted by molar-refractivity contribution is 0.580. The number of sulfonamides is 1. The fourth-order valence-corrected chi connectivity index (χ4v) is 5.07. The number of rotatable bonds is 8. The fraction of sp³-hybridized carbons (Fsp3) is 0.429. The molecule has 0 amide bonds. The predicted molar refractivity (Wildman–Crippen MR) is 113 cm³/mol. The molecule has 0 bridgehead atoms. The van der Waals surface area contributed by atoms with Gasteiger partial charge in [-0.25, -0.2) is 13.1 Å². The molecule has 2 aromatic carbocycles. The first-order valence-corrected chi connectivity index (χ1v) is 11.6. The van der Waals surface area contributed by atoms with Crippen molar-refractivity contribution in [2.45, 2.75) is 38.4 Å². The van der Waals surface area contributed by atoms with Crippen LogP contribution in [0.25, 0.3) is 0 Å². The Kier molecular flexibility index (Phi) is 6.79. The van der Waals surface area contributed by atoms with E-state index in [1.165, 1.54) is 23.2 Å². The zero-order valence-corrected chi connectivity index (χ0v) is 17.3. The Morgan fingerprint density at radius 3 is 2.78 bits per heavy atom. The molecular formula is C21H27ClN2O2S. The minimum atomic E-state index is -3.40. The maximum atomic E-state index is 12.3. The highest BCUT2D eigenvalue weighted by molar-refractivity contribution is 7.88. The SMILES string of the molecule is CCCN1CCCc2cc(CCNS(=O)(=O)Cc3ccccc3Cl)ccc21. The molecule has 0 fully saturated rings. The van der Waals surface area contributed by atoms with Crippen LogP contribution in [-0.2, 0) is 28.6 Å². The molecule has 6 heteroatoms. The first kappa shape index (κ1) is 20.2. The highest BCUT2D eigenvalue weighted by Crippen LogP contribution is 2.28. The molecule has 1 aliphatic rings. The first-order chi connectivity index (χ1) is 13.0. The molecule has 0 saturated heterocycles. The van der Waals surface area contributed by atoms with Crippen molar-refractivity contribution < 1.29 is 8.42 Å². The molecule has 2 aromatic rings. The number of halogens is 1. The van der Waals surface area contributed by atoms with Crippen LogP contribution >= 0.6 is 11.6 Å². The van der Waals surface area contributed by atoms with E-state index in [4.69, 9.17) is 11.6 Å². The van der Waals surface area contributed by atoms with Crippen LogP contribution < -0.4 is 9.62 Å². The fourth-order valence-electron chi connectivity index (χ4n) is 3.61. The Morgan fingerprint density at radius 1 is 1.19 bits per heavy atom. The average molecular weight is 407 g/mol. The van der Waals surface area contributed by atoms with Crippen LogP contribution in [0.1, 0.15) is 36.5 Å². The van der Waals surface area contributed by atoms with Crippen molar-refractivity contribution in [1.82, 2.24) is 4.72 Å². The molecular weight excluding hydrogens is 380 g/mol. The van der Waals surface area contributed by atoms with Gasteiger partial charge in [-0.05, 0) is 54.5 Å². The van der Waals surface area contributed by atoms with E-state index in [0.717, 1.165) is 25.9 Å². The highest BCUT2D eigenvalue weighted by atomic mass is 35.5. The predicted octanol–water partition coefficient (Wildman–Crippen LogP) is 4.16. The van der Waals surface area contributed by atoms with Gasteiger partial charge in [-0.15, -0.1) is 0 Å². The second-order valence-electron chi connectivity index (χ2n) is 7.05. The van der Waals surface area contributed by atoms with E-state index in [0.29, 0.717) is 23.6 Å². The lowest BCUT2D eigenvalue weighted by Crippen LogP contribution is -2.30. The van der Waals surface area contributed by atoms with Gasteiger partial charge in [0.15, 0.2) is 0 Å². The maximum absolute atomic E-state index is 12.3. The second-order valence-corrected chi connectivity index (χ2v) is 9.26. The van der Waals surface area contributed by atoms with Crippen molar-refractivity contribution in [3.05, 3.63) is 64.2 Å². The Balaban J connectivity index is 1.58. The lowest BCUT2D eigenvalue weighted by atomic mass is 9.98. The Labute approximate surface area is 167 Å². The largest absolute Gasteiger partial charge is 0.371 e. The van der Waals surface area contributed by atoms with Crippen LogP contribution in [0.4, 0.5) is 5.69 Å². The lowest BCUT2D eigenvalue weighted by Gasteiger charge is -2.31. The molecule has 3 rings (SSSR count). The topological polar surface area (TPSA) is 49.4 Å². The summed E-state index contributed by atoms with van der Waals surface area (Å²) in [6, 6.07) is 13.6. The summed E-state index contributed by atoms with van der Waals surface area (Å²) in [6.45, 7) is 4.82. The highest BCUT2D eigenvalue weighted by Gasteiger charge is 2.17. The molecule has 0 aromatic heterocycles. The van der Waals surface area contributed by atoms with Crippen molar-refractivity contribution in [2.75, 3.05) is 24.5 Å². The number of hydrogen-bond acceptors (Lipinski definition) is 3. The first-order valence-electron chi connectivity index (χ1n) is 9.56. The molecule has 0 unspecified atom stereocenters. The van der Waals surface area contributed by atoms with Crippen molar-refractivity contribution in [1.29, 1.82) is 0 Å². The number of nitrogens with one attached hydrogen (secondary N) is 1. The number of anilines is 1. The van der Waals surface area contributed by atoms with Crippen molar-refractivity contribution in [3.8, 4) is 0 Å². The van der Waals surface area contributed by atoms with Gasteiger partial charge in [-0.1, -0.05) is 48.9 Å². The van der Waals surface area contributed by atoms with Gasteiger partial charge < -0.3 is 4.90 Å². The third-order valence-corrected chi connectivity index (χ3v) is 6.59. The van der Waals surface area contributed by atoms with Crippen LogP contribution in [-0.4, -0.2) is 28.1 Å². The minimum absolute atomic E-state index is 0.0944. The Morgan fingerprint density at radius 2 is 2.00 bits per heavy atom. The van der Waals surface area contributed by atoms with Crippen molar-refractivity contribution in [2.24, 2.45) is 0 Å². The molecule has 0 spiro atoms. The molecule has 0 radical (unpaired) electrons. The molecule has 1 N–H and O–H groups in total. The van der Waals surface area contributed by atoms with Crippen molar-refractivity contribution >= 4 is 27.3 Å². The quantitative estimate of drug-likeness (QED) is 0.715. The summed E-state index contributed by atoms with van der Waals surface area (Å²) < 4.78 is 27.3. The normalized spacial score (nSPS) is 14.2. The zero-order chi connectivity index (χ0) is 19.3. The van der Waals surface area contributed by atoms with Gasteiger partial charge in [0.1, 0.15) is 0 Å². The summed E-state index contributed by atoms with van der Waals surface area (Å²) in [4.78, 5) is 2.45. The van der Waals surface area contributed by atoms with E-state index in [2.05, 4.69) is 34.7 Å². The molecule has 0 atom stereocenters. The monoisotopic (exact) mass is 406 g/mol. The van der Waals surface area contributed by atoms with Crippen LogP contribution in [0.5, 0.6) is 0 Å². The van der Waals surface area contributed by atoms with E-state index in [1.54, 1.807) is 24.3 Å². The van der Waals surface area contributed by atoms with Crippen LogP contribution in [0.3, 0.4) is 0 Å². The van der Waals surface area contributed by atoms with E-state index in [9.17, 15) is 8.42 Å². The molecule has 1 heterocycles. The third kappa shape index (κ3) is 5.47. The van der Waals surface area contributed by atoms with Crippen LogP contribution in [0, 0.1) is 0 Å². The molecule has 1 aliphatic heterocycles. The zero-order valence-electron chi connectivity index (χ0n) is 15.7. The van der Waals surface area contributed by atoms with Gasteiger partial charge in [0, 0.05) is 30.3 Å². The third-order valence-electron chi connectivity index (χ3n) is 4.89. The van der Waals surface area contributed by atoms with Crippen LogP contribution in [0.15, 0.2) is 42.5 Å². The van der Waals surface area contributed by atoms with Gasteiger partial charge >= 0.3 is 0 Å². The summed E-state index contributed by atoms with van der Waals surface area (Å²) in [6.07, 6.45) is 4.11. The standard InChI is InChI=1S/C21H27ClN2O2S/c1-2-13-24-14-5-7-18-15-17(9-10-21(18)24)11-12-23-27(25,26)16-19-6-3-4-8-20(19)22/h3-4,6,8-10,15,23H,2,5,7,11-14,16H2,1H3. The van der Waals surface area contributed by atoms with Crippen molar-refractivity contribution in [3.63, 3.8) is 0 Å². The summed E-state index contributed by atoms with van der Waals surface area (Å²) in [5.74, 6) is -0.0944. The van der Waals surface area contributed by atoms with E-state index in [-0.39, 0.29) is 5.75 Å². The number of aryl methyl sites for hydroxylation is 1. The summed E-state index contributed by atoms with van der Waals surface area (Å²) in [5.41, 5.74) is 4.52. The minimum Gasteiger partial charge on any atom is -0.371 e. The molecule has 146 valence electrons. The molecule has 0 aliphatic carbocycles. The Bertz CT molecular complexity index is 884. The molecule has 0 saturated carbocycles. The van der Waals surface area contributed by atoms with Crippen LogP contribution in [0.2, 0.25) is 5.02 Å². The second kappa shape index (κ2) is 9.09. The van der Waals surface area contributed by atoms with E-state index >= 15 is 0 Å². The molecule has 4 nitrogen and oxygen atoms in total. The van der Waals surface area contributed by atoms with Gasteiger partial charge in [0.2, 0.25) is 10.0 Å². The van der Waals surface area contributed by atoms with Gasteiger partial charge in [0.25, 0.3) is 0 Å². The molecule has 27 heavy (non-hydrogen) atoms. The smallest absolute Gasteiger partial charge is 0.215 e. The number of hydrogen-bond donors (Lipinski definition) is 1. The number of fused-ring (bicyclic) bond motifs is 1. The summed E-state index contributed by atoms with van der Waals surface area (Å²) in [5, 5.41) is 0.481. The number of benzene rings is 2. The summed E-state index contributed by atoms with van der Waals surface area (Å²) >= 11 is 6.07. The average Bonchev–Trinajstić information content (AvgIpc) is 2.64. The van der Waals surface area contributed by atoms with Gasteiger partial charge in [0.05, 0.1) is 5.75 Å². The van der Waals surface area contributed by atoms with E-state index in [1.807, 2.05) is 0 Å².